The molecule has 2 atom stereocenters. The number of amides is 1. The van der Waals surface area contributed by atoms with Crippen LogP contribution in [-0.4, -0.2) is 24.2 Å². The molecule has 1 aromatic rings. The maximum absolute atomic E-state index is 12.1. The van der Waals surface area contributed by atoms with E-state index in [9.17, 15) is 4.79 Å². The van der Waals surface area contributed by atoms with Crippen LogP contribution in [0.15, 0.2) is 6.07 Å². The summed E-state index contributed by atoms with van der Waals surface area (Å²) >= 11 is 1.64. The Morgan fingerprint density at radius 2 is 2.42 bits per heavy atom. The van der Waals surface area contributed by atoms with E-state index in [2.05, 4.69) is 18.3 Å². The van der Waals surface area contributed by atoms with Crippen LogP contribution in [0, 0.1) is 11.8 Å². The van der Waals surface area contributed by atoms with Crippen molar-refractivity contribution in [1.82, 2.24) is 5.32 Å². The molecule has 0 spiro atoms. The van der Waals surface area contributed by atoms with E-state index >= 15 is 0 Å². The first kappa shape index (κ1) is 14.5. The van der Waals surface area contributed by atoms with Gasteiger partial charge >= 0.3 is 0 Å². The minimum Gasteiger partial charge on any atom is -0.396 e. The van der Waals surface area contributed by atoms with Gasteiger partial charge in [0.05, 0.1) is 4.88 Å². The largest absolute Gasteiger partial charge is 0.396 e. The summed E-state index contributed by atoms with van der Waals surface area (Å²) in [4.78, 5) is 14.3. The summed E-state index contributed by atoms with van der Waals surface area (Å²) in [6.07, 6.45) is 4.74. The molecule has 0 fully saturated rings. The van der Waals surface area contributed by atoms with Crippen molar-refractivity contribution in [2.45, 2.75) is 39.5 Å². The Morgan fingerprint density at radius 1 is 1.63 bits per heavy atom. The zero-order valence-corrected chi connectivity index (χ0v) is 12.6. The second-order valence-electron chi connectivity index (χ2n) is 5.57. The van der Waals surface area contributed by atoms with Gasteiger partial charge in [-0.15, -0.1) is 11.3 Å². The van der Waals surface area contributed by atoms with Crippen molar-refractivity contribution in [2.75, 3.05) is 13.2 Å². The van der Waals surface area contributed by atoms with E-state index in [1.165, 1.54) is 23.3 Å². The fourth-order valence-electron chi connectivity index (χ4n) is 2.48. The summed E-state index contributed by atoms with van der Waals surface area (Å²) < 4.78 is 0. The van der Waals surface area contributed by atoms with Crippen LogP contribution in [0.3, 0.4) is 0 Å². The zero-order valence-electron chi connectivity index (χ0n) is 11.7. The van der Waals surface area contributed by atoms with Gasteiger partial charge in [-0.1, -0.05) is 20.3 Å². The number of fused-ring (bicyclic) bond motifs is 1. The highest BCUT2D eigenvalue weighted by atomic mass is 32.1. The van der Waals surface area contributed by atoms with Crippen LogP contribution < -0.4 is 5.32 Å². The number of thiophene rings is 1. The summed E-state index contributed by atoms with van der Waals surface area (Å²) in [6, 6.07) is 2.07. The first-order chi connectivity index (χ1) is 9.13. The van der Waals surface area contributed by atoms with E-state index in [-0.39, 0.29) is 18.4 Å². The molecule has 0 saturated heterocycles. The average molecular weight is 281 g/mol. The van der Waals surface area contributed by atoms with Crippen molar-refractivity contribution in [3.8, 4) is 0 Å². The summed E-state index contributed by atoms with van der Waals surface area (Å²) in [5, 5.41) is 11.9. The van der Waals surface area contributed by atoms with Gasteiger partial charge in [0.1, 0.15) is 0 Å². The normalized spacial score (nSPS) is 19.8. The third kappa shape index (κ3) is 3.57. The molecule has 0 bridgehead atoms. The van der Waals surface area contributed by atoms with Crippen molar-refractivity contribution < 1.29 is 9.90 Å². The Balaban J connectivity index is 1.98. The molecule has 1 aliphatic carbocycles. The molecule has 1 amide bonds. The molecule has 1 heterocycles. The first-order valence-electron chi connectivity index (χ1n) is 7.14. The highest BCUT2D eigenvalue weighted by Crippen LogP contribution is 2.33. The number of carbonyl (C=O) groups is 1. The van der Waals surface area contributed by atoms with Gasteiger partial charge in [0, 0.05) is 18.0 Å². The summed E-state index contributed by atoms with van der Waals surface area (Å²) in [7, 11) is 0. The van der Waals surface area contributed by atoms with Gasteiger partial charge in [-0.2, -0.15) is 0 Å². The van der Waals surface area contributed by atoms with E-state index in [0.717, 1.165) is 23.6 Å². The fourth-order valence-corrected chi connectivity index (χ4v) is 3.60. The number of carbonyl (C=O) groups excluding carboxylic acids is 1. The van der Waals surface area contributed by atoms with Gasteiger partial charge in [-0.05, 0) is 42.7 Å². The lowest BCUT2D eigenvalue weighted by Gasteiger charge is -2.19. The van der Waals surface area contributed by atoms with E-state index in [0.29, 0.717) is 6.54 Å². The van der Waals surface area contributed by atoms with Crippen LogP contribution in [0.5, 0.6) is 0 Å². The summed E-state index contributed by atoms with van der Waals surface area (Å²) in [5.74, 6) is 0.906. The van der Waals surface area contributed by atoms with Crippen molar-refractivity contribution in [2.24, 2.45) is 11.8 Å². The number of aliphatic hydroxyl groups is 1. The maximum atomic E-state index is 12.1. The van der Waals surface area contributed by atoms with Gasteiger partial charge in [0.15, 0.2) is 0 Å². The number of aliphatic hydroxyl groups excluding tert-OH is 1. The lowest BCUT2D eigenvalue weighted by atomic mass is 9.87. The second-order valence-corrected chi connectivity index (χ2v) is 6.71. The van der Waals surface area contributed by atoms with Crippen LogP contribution in [0.25, 0.3) is 0 Å². The molecular weight excluding hydrogens is 258 g/mol. The second kappa shape index (κ2) is 6.53. The van der Waals surface area contributed by atoms with Crippen LogP contribution in [0.2, 0.25) is 0 Å². The molecule has 19 heavy (non-hydrogen) atoms. The number of aryl methyl sites for hydroxylation is 1. The zero-order chi connectivity index (χ0) is 13.8. The molecule has 0 radical (unpaired) electrons. The number of nitrogens with one attached hydrogen (secondary N) is 1. The maximum Gasteiger partial charge on any atom is 0.261 e. The van der Waals surface area contributed by atoms with Crippen LogP contribution in [0.1, 0.15) is 46.8 Å². The molecule has 2 N–H and O–H groups in total. The van der Waals surface area contributed by atoms with Crippen molar-refractivity contribution in [3.05, 3.63) is 21.4 Å². The molecule has 2 rings (SSSR count). The molecular formula is C15H23NO2S. The average Bonchev–Trinajstić information content (AvgIpc) is 2.86. The molecule has 106 valence electrons. The number of rotatable bonds is 5. The highest BCUT2D eigenvalue weighted by molar-refractivity contribution is 7.14. The molecule has 1 aromatic heterocycles. The predicted molar refractivity (Wildman–Crippen MR) is 78.7 cm³/mol. The van der Waals surface area contributed by atoms with E-state index in [1.54, 1.807) is 11.3 Å². The minimum atomic E-state index is 0.00717. The summed E-state index contributed by atoms with van der Waals surface area (Å²) in [6.45, 7) is 4.81. The van der Waals surface area contributed by atoms with Crippen LogP contribution >= 0.6 is 11.3 Å². The Labute approximate surface area is 119 Å². The molecule has 0 aliphatic heterocycles. The predicted octanol–water partition coefficient (Wildman–Crippen LogP) is 2.62. The van der Waals surface area contributed by atoms with Gasteiger partial charge in [0.2, 0.25) is 0 Å². The lowest BCUT2D eigenvalue weighted by molar-refractivity contribution is 0.0946. The topological polar surface area (TPSA) is 49.3 Å². The Kier molecular flexibility index (Phi) is 4.99. The van der Waals surface area contributed by atoms with Crippen LogP contribution in [-0.2, 0) is 12.8 Å². The lowest BCUT2D eigenvalue weighted by Crippen LogP contribution is -2.28. The number of hydrogen-bond acceptors (Lipinski definition) is 3. The summed E-state index contributed by atoms with van der Waals surface area (Å²) in [5.41, 5.74) is 1.38. The third-order valence-electron chi connectivity index (χ3n) is 3.91. The molecule has 0 saturated carbocycles. The van der Waals surface area contributed by atoms with Gasteiger partial charge in [-0.3, -0.25) is 4.79 Å². The standard InChI is InChI=1S/C15H23NO2S/c1-3-11-4-5-13-12(6-11)7-14(19-13)15(18)16-8-10(2)9-17/h7,10-11,17H,3-6,8-9H2,1-2H3,(H,16,18). The Morgan fingerprint density at radius 3 is 3.11 bits per heavy atom. The van der Waals surface area contributed by atoms with Crippen molar-refractivity contribution >= 4 is 17.2 Å². The van der Waals surface area contributed by atoms with Crippen molar-refractivity contribution in [1.29, 1.82) is 0 Å². The quantitative estimate of drug-likeness (QED) is 0.871. The number of hydrogen-bond donors (Lipinski definition) is 2. The van der Waals surface area contributed by atoms with E-state index < -0.39 is 0 Å². The molecule has 1 aliphatic rings. The van der Waals surface area contributed by atoms with Crippen molar-refractivity contribution in [3.63, 3.8) is 0 Å². The highest BCUT2D eigenvalue weighted by Gasteiger charge is 2.22. The SMILES string of the molecule is CCC1CCc2sc(C(=O)NCC(C)CO)cc2C1. The third-order valence-corrected chi connectivity index (χ3v) is 5.14. The Bertz CT molecular complexity index is 441. The van der Waals surface area contributed by atoms with Gasteiger partial charge in [-0.25, -0.2) is 0 Å². The van der Waals surface area contributed by atoms with Gasteiger partial charge < -0.3 is 10.4 Å². The Hall–Kier alpha value is -0.870. The van der Waals surface area contributed by atoms with Gasteiger partial charge in [0.25, 0.3) is 5.91 Å². The minimum absolute atomic E-state index is 0.00717. The smallest absolute Gasteiger partial charge is 0.261 e. The first-order valence-corrected chi connectivity index (χ1v) is 7.96. The van der Waals surface area contributed by atoms with E-state index in [4.69, 9.17) is 5.11 Å². The molecule has 0 aromatic carbocycles. The molecule has 2 unspecified atom stereocenters. The fraction of sp³-hybridized carbons (Fsp3) is 0.667. The monoisotopic (exact) mass is 281 g/mol. The van der Waals surface area contributed by atoms with E-state index in [1.807, 2.05) is 6.92 Å². The van der Waals surface area contributed by atoms with Crippen LogP contribution in [0.4, 0.5) is 0 Å². The molecule has 4 heteroatoms. The molecule has 3 nitrogen and oxygen atoms in total.